The third-order valence-electron chi connectivity index (χ3n) is 2.41. The van der Waals surface area contributed by atoms with E-state index >= 15 is 0 Å². The Labute approximate surface area is 100.0 Å². The first-order valence-corrected chi connectivity index (χ1v) is 5.42. The number of carbonyl (C=O) groups excluding carboxylic acids is 1. The van der Waals surface area contributed by atoms with E-state index in [1.165, 1.54) is 13.2 Å². The minimum Gasteiger partial charge on any atom is -0.496 e. The van der Waals surface area contributed by atoms with E-state index in [9.17, 15) is 9.18 Å². The summed E-state index contributed by atoms with van der Waals surface area (Å²) in [6, 6.07) is 4.10. The highest BCUT2D eigenvalue weighted by Crippen LogP contribution is 2.27. The predicted molar refractivity (Wildman–Crippen MR) is 63.2 cm³/mol. The van der Waals surface area contributed by atoms with E-state index in [4.69, 9.17) is 10.5 Å². The molecule has 17 heavy (non-hydrogen) atoms. The van der Waals surface area contributed by atoms with Crippen LogP contribution in [0.5, 0.6) is 5.75 Å². The van der Waals surface area contributed by atoms with Crippen molar-refractivity contribution >= 4 is 5.91 Å². The Kier molecular flexibility index (Phi) is 4.90. The van der Waals surface area contributed by atoms with Gasteiger partial charge in [-0.2, -0.15) is 0 Å². The molecular formula is C12H17FN2O2. The molecule has 0 saturated carbocycles. The quantitative estimate of drug-likeness (QED) is 0.816. The Bertz CT molecular complexity index is 396. The Balaban J connectivity index is 2.87. The average molecular weight is 240 g/mol. The first kappa shape index (κ1) is 13.4. The predicted octanol–water partition coefficient (Wildman–Crippen LogP) is 1.36. The van der Waals surface area contributed by atoms with Crippen molar-refractivity contribution < 1.29 is 13.9 Å². The number of hydrogen-bond acceptors (Lipinski definition) is 3. The van der Waals surface area contributed by atoms with Crippen LogP contribution in [0.4, 0.5) is 4.39 Å². The van der Waals surface area contributed by atoms with Crippen molar-refractivity contribution in [1.82, 2.24) is 5.32 Å². The SMILES string of the molecule is COc1cccc(F)c1C(C)NC(=O)CCN. The number of nitrogens with two attached hydrogens (primary N) is 1. The number of rotatable bonds is 5. The number of nitrogens with one attached hydrogen (secondary N) is 1. The van der Waals surface area contributed by atoms with Crippen molar-refractivity contribution in [3.05, 3.63) is 29.6 Å². The maximum Gasteiger partial charge on any atom is 0.221 e. The highest BCUT2D eigenvalue weighted by atomic mass is 19.1. The van der Waals surface area contributed by atoms with Gasteiger partial charge in [-0.3, -0.25) is 4.79 Å². The molecule has 94 valence electrons. The number of benzene rings is 1. The van der Waals surface area contributed by atoms with Gasteiger partial charge in [0.1, 0.15) is 11.6 Å². The lowest BCUT2D eigenvalue weighted by Crippen LogP contribution is -2.29. The molecule has 1 amide bonds. The lowest BCUT2D eigenvalue weighted by atomic mass is 10.1. The van der Waals surface area contributed by atoms with Gasteiger partial charge < -0.3 is 15.8 Å². The molecule has 0 heterocycles. The van der Waals surface area contributed by atoms with Crippen LogP contribution >= 0.6 is 0 Å². The van der Waals surface area contributed by atoms with Gasteiger partial charge in [-0.1, -0.05) is 6.07 Å². The number of methoxy groups -OCH3 is 1. The maximum atomic E-state index is 13.7. The molecule has 1 aromatic carbocycles. The summed E-state index contributed by atoms with van der Waals surface area (Å²) in [6.07, 6.45) is 0.223. The summed E-state index contributed by atoms with van der Waals surface area (Å²) in [5.41, 5.74) is 5.62. The lowest BCUT2D eigenvalue weighted by molar-refractivity contribution is -0.121. The van der Waals surface area contributed by atoms with Crippen molar-refractivity contribution in [2.75, 3.05) is 13.7 Å². The van der Waals surface area contributed by atoms with Gasteiger partial charge in [0.25, 0.3) is 0 Å². The topological polar surface area (TPSA) is 64.3 Å². The number of halogens is 1. The molecule has 0 bridgehead atoms. The number of hydrogen-bond donors (Lipinski definition) is 2. The molecule has 0 aliphatic carbocycles. The first-order valence-electron chi connectivity index (χ1n) is 5.42. The number of amides is 1. The van der Waals surface area contributed by atoms with Gasteiger partial charge in [0.15, 0.2) is 0 Å². The molecule has 0 spiro atoms. The molecule has 0 aromatic heterocycles. The second kappa shape index (κ2) is 6.20. The van der Waals surface area contributed by atoms with E-state index in [0.717, 1.165) is 0 Å². The zero-order valence-electron chi connectivity index (χ0n) is 10.00. The molecule has 0 radical (unpaired) electrons. The van der Waals surface area contributed by atoms with Crippen LogP contribution < -0.4 is 15.8 Å². The molecule has 4 nitrogen and oxygen atoms in total. The van der Waals surface area contributed by atoms with Crippen molar-refractivity contribution in [3.8, 4) is 5.75 Å². The van der Waals surface area contributed by atoms with Crippen molar-refractivity contribution in [1.29, 1.82) is 0 Å². The fourth-order valence-corrected chi connectivity index (χ4v) is 1.63. The monoisotopic (exact) mass is 240 g/mol. The molecule has 1 atom stereocenters. The van der Waals surface area contributed by atoms with Gasteiger partial charge in [-0.25, -0.2) is 4.39 Å². The highest BCUT2D eigenvalue weighted by Gasteiger charge is 2.17. The fraction of sp³-hybridized carbons (Fsp3) is 0.417. The highest BCUT2D eigenvalue weighted by molar-refractivity contribution is 5.76. The zero-order chi connectivity index (χ0) is 12.8. The molecule has 3 N–H and O–H groups in total. The van der Waals surface area contributed by atoms with Crippen LogP contribution in [0.2, 0.25) is 0 Å². The Morgan fingerprint density at radius 3 is 2.88 bits per heavy atom. The normalized spacial score (nSPS) is 12.0. The molecule has 1 rings (SSSR count). The van der Waals surface area contributed by atoms with Crippen LogP contribution in [-0.2, 0) is 4.79 Å². The fourth-order valence-electron chi connectivity index (χ4n) is 1.63. The van der Waals surface area contributed by atoms with E-state index in [-0.39, 0.29) is 18.9 Å². The Morgan fingerprint density at radius 2 is 2.29 bits per heavy atom. The lowest BCUT2D eigenvalue weighted by Gasteiger charge is -2.17. The molecular weight excluding hydrogens is 223 g/mol. The molecule has 1 unspecified atom stereocenters. The second-order valence-corrected chi connectivity index (χ2v) is 3.68. The third kappa shape index (κ3) is 3.42. The molecule has 0 aliphatic rings. The van der Waals surface area contributed by atoms with E-state index in [0.29, 0.717) is 11.3 Å². The van der Waals surface area contributed by atoms with E-state index < -0.39 is 11.9 Å². The number of ether oxygens (including phenoxy) is 1. The van der Waals surface area contributed by atoms with Gasteiger partial charge in [0, 0.05) is 13.0 Å². The number of carbonyl (C=O) groups is 1. The van der Waals surface area contributed by atoms with Crippen LogP contribution in [0.25, 0.3) is 0 Å². The Hall–Kier alpha value is -1.62. The first-order chi connectivity index (χ1) is 8.10. The summed E-state index contributed by atoms with van der Waals surface area (Å²) in [4.78, 5) is 11.4. The Morgan fingerprint density at radius 1 is 1.59 bits per heavy atom. The van der Waals surface area contributed by atoms with E-state index in [1.54, 1.807) is 19.1 Å². The maximum absolute atomic E-state index is 13.7. The second-order valence-electron chi connectivity index (χ2n) is 3.68. The summed E-state index contributed by atoms with van der Waals surface area (Å²) in [5, 5.41) is 2.67. The van der Waals surface area contributed by atoms with Crippen molar-refractivity contribution in [2.45, 2.75) is 19.4 Å². The summed E-state index contributed by atoms with van der Waals surface area (Å²) in [7, 11) is 1.46. The summed E-state index contributed by atoms with van der Waals surface area (Å²) >= 11 is 0. The standard InChI is InChI=1S/C12H17FN2O2/c1-8(15-11(16)6-7-14)12-9(13)4-3-5-10(12)17-2/h3-5,8H,6-7,14H2,1-2H3,(H,15,16). The van der Waals surface area contributed by atoms with Crippen molar-refractivity contribution in [2.24, 2.45) is 5.73 Å². The molecule has 1 aromatic rings. The van der Waals surface area contributed by atoms with Crippen LogP contribution in [0, 0.1) is 5.82 Å². The van der Waals surface area contributed by atoms with Crippen LogP contribution in [-0.4, -0.2) is 19.6 Å². The van der Waals surface area contributed by atoms with E-state index in [2.05, 4.69) is 5.32 Å². The van der Waals surface area contributed by atoms with Gasteiger partial charge in [-0.15, -0.1) is 0 Å². The van der Waals surface area contributed by atoms with Crippen LogP contribution in [0.15, 0.2) is 18.2 Å². The van der Waals surface area contributed by atoms with Gasteiger partial charge in [0.2, 0.25) is 5.91 Å². The van der Waals surface area contributed by atoms with Gasteiger partial charge in [-0.05, 0) is 19.1 Å². The zero-order valence-corrected chi connectivity index (χ0v) is 10.00. The molecule has 0 saturated heterocycles. The van der Waals surface area contributed by atoms with Crippen LogP contribution in [0.1, 0.15) is 24.9 Å². The third-order valence-corrected chi connectivity index (χ3v) is 2.41. The molecule has 0 aliphatic heterocycles. The molecule has 5 heteroatoms. The summed E-state index contributed by atoms with van der Waals surface area (Å²) in [5.74, 6) is -0.180. The summed E-state index contributed by atoms with van der Waals surface area (Å²) < 4.78 is 18.7. The minimum atomic E-state index is -0.454. The van der Waals surface area contributed by atoms with Gasteiger partial charge >= 0.3 is 0 Å². The summed E-state index contributed by atoms with van der Waals surface area (Å²) in [6.45, 7) is 1.97. The average Bonchev–Trinajstić information content (AvgIpc) is 2.28. The molecule has 0 fully saturated rings. The van der Waals surface area contributed by atoms with Crippen molar-refractivity contribution in [3.63, 3.8) is 0 Å². The van der Waals surface area contributed by atoms with E-state index in [1.807, 2.05) is 0 Å². The van der Waals surface area contributed by atoms with Crippen LogP contribution in [0.3, 0.4) is 0 Å². The van der Waals surface area contributed by atoms with Gasteiger partial charge in [0.05, 0.1) is 18.7 Å². The minimum absolute atomic E-state index is 0.203. The smallest absolute Gasteiger partial charge is 0.221 e. The largest absolute Gasteiger partial charge is 0.496 e.